The summed E-state index contributed by atoms with van der Waals surface area (Å²) in [5.74, 6) is 0.237. The number of carbonyl (C=O) groups is 1. The molecule has 0 aliphatic carbocycles. The van der Waals surface area contributed by atoms with Gasteiger partial charge in [-0.05, 0) is 18.9 Å². The number of ketones is 1. The van der Waals surface area contributed by atoms with Crippen LogP contribution in [0.25, 0.3) is 0 Å². The van der Waals surface area contributed by atoms with Crippen molar-refractivity contribution in [1.29, 1.82) is 0 Å². The summed E-state index contributed by atoms with van der Waals surface area (Å²) < 4.78 is 0. The van der Waals surface area contributed by atoms with Gasteiger partial charge in [0.25, 0.3) is 0 Å². The average Bonchev–Trinajstić information content (AvgIpc) is 2.04. The standard InChI is InChI=1S/C10H18O/c1-3-5-6-7-8-9-10(11)4-2/h8-9H,3-7H2,1-2H3/b9-8+. The number of unbranched alkanes of at least 4 members (excludes halogenated alkanes) is 3. The summed E-state index contributed by atoms with van der Waals surface area (Å²) in [5, 5.41) is 0. The average molecular weight is 154 g/mol. The number of hydrogen-bond donors (Lipinski definition) is 0. The molecule has 0 rings (SSSR count). The van der Waals surface area contributed by atoms with Crippen LogP contribution < -0.4 is 0 Å². The van der Waals surface area contributed by atoms with Crippen LogP contribution >= 0.6 is 0 Å². The van der Waals surface area contributed by atoms with Crippen LogP contribution in [0.4, 0.5) is 0 Å². The van der Waals surface area contributed by atoms with Crippen molar-refractivity contribution in [3.05, 3.63) is 12.2 Å². The lowest BCUT2D eigenvalue weighted by atomic mass is 10.2. The van der Waals surface area contributed by atoms with E-state index in [0.29, 0.717) is 6.42 Å². The summed E-state index contributed by atoms with van der Waals surface area (Å²) in [4.78, 5) is 10.8. The molecule has 0 aliphatic rings. The molecular weight excluding hydrogens is 136 g/mol. The Morgan fingerprint density at radius 1 is 1.27 bits per heavy atom. The fraction of sp³-hybridized carbons (Fsp3) is 0.700. The Kier molecular flexibility index (Phi) is 7.11. The predicted molar refractivity (Wildman–Crippen MR) is 48.6 cm³/mol. The normalized spacial score (nSPS) is 10.7. The molecule has 0 atom stereocenters. The zero-order valence-corrected chi connectivity index (χ0v) is 7.60. The maximum atomic E-state index is 10.8. The van der Waals surface area contributed by atoms with E-state index in [2.05, 4.69) is 6.92 Å². The van der Waals surface area contributed by atoms with Gasteiger partial charge in [-0.25, -0.2) is 0 Å². The van der Waals surface area contributed by atoms with Gasteiger partial charge in [-0.1, -0.05) is 32.8 Å². The van der Waals surface area contributed by atoms with Gasteiger partial charge in [0.15, 0.2) is 5.78 Å². The first-order chi connectivity index (χ1) is 5.31. The van der Waals surface area contributed by atoms with Gasteiger partial charge in [-0.3, -0.25) is 4.79 Å². The molecule has 0 N–H and O–H groups in total. The molecule has 0 heterocycles. The lowest BCUT2D eigenvalue weighted by molar-refractivity contribution is -0.114. The number of allylic oxidation sites excluding steroid dienone is 2. The van der Waals surface area contributed by atoms with E-state index < -0.39 is 0 Å². The van der Waals surface area contributed by atoms with Gasteiger partial charge in [-0.2, -0.15) is 0 Å². The molecule has 0 unspecified atom stereocenters. The van der Waals surface area contributed by atoms with E-state index >= 15 is 0 Å². The van der Waals surface area contributed by atoms with Crippen molar-refractivity contribution >= 4 is 5.78 Å². The second kappa shape index (κ2) is 7.52. The molecule has 0 aromatic rings. The topological polar surface area (TPSA) is 17.1 Å². The maximum absolute atomic E-state index is 10.8. The molecule has 0 saturated heterocycles. The minimum Gasteiger partial charge on any atom is -0.295 e. The molecule has 1 nitrogen and oxygen atoms in total. The van der Waals surface area contributed by atoms with Gasteiger partial charge in [0.2, 0.25) is 0 Å². The van der Waals surface area contributed by atoms with Crippen molar-refractivity contribution in [1.82, 2.24) is 0 Å². The van der Waals surface area contributed by atoms with Crippen molar-refractivity contribution < 1.29 is 4.79 Å². The van der Waals surface area contributed by atoms with Crippen LogP contribution in [-0.2, 0) is 4.79 Å². The smallest absolute Gasteiger partial charge is 0.155 e. The third-order valence-electron chi connectivity index (χ3n) is 1.63. The van der Waals surface area contributed by atoms with Gasteiger partial charge in [0.1, 0.15) is 0 Å². The lowest BCUT2D eigenvalue weighted by Crippen LogP contribution is -1.86. The Balaban J connectivity index is 3.22. The third kappa shape index (κ3) is 7.31. The van der Waals surface area contributed by atoms with Crippen LogP contribution in [-0.4, -0.2) is 5.78 Å². The summed E-state index contributed by atoms with van der Waals surface area (Å²) in [6.07, 6.45) is 9.10. The second-order valence-electron chi connectivity index (χ2n) is 2.72. The summed E-state index contributed by atoms with van der Waals surface area (Å²) >= 11 is 0. The van der Waals surface area contributed by atoms with Gasteiger partial charge in [0, 0.05) is 6.42 Å². The highest BCUT2D eigenvalue weighted by molar-refractivity contribution is 5.89. The van der Waals surface area contributed by atoms with Crippen molar-refractivity contribution in [2.75, 3.05) is 0 Å². The van der Waals surface area contributed by atoms with Crippen molar-refractivity contribution in [2.24, 2.45) is 0 Å². The largest absolute Gasteiger partial charge is 0.295 e. The van der Waals surface area contributed by atoms with Gasteiger partial charge in [0.05, 0.1) is 0 Å². The van der Waals surface area contributed by atoms with Crippen molar-refractivity contribution in [3.8, 4) is 0 Å². The number of rotatable bonds is 6. The van der Waals surface area contributed by atoms with Gasteiger partial charge >= 0.3 is 0 Å². The summed E-state index contributed by atoms with van der Waals surface area (Å²) in [5.41, 5.74) is 0. The second-order valence-corrected chi connectivity index (χ2v) is 2.72. The van der Waals surface area contributed by atoms with E-state index in [-0.39, 0.29) is 5.78 Å². The molecule has 0 bridgehead atoms. The predicted octanol–water partition coefficient (Wildman–Crippen LogP) is 3.10. The Bertz CT molecular complexity index is 125. The highest BCUT2D eigenvalue weighted by atomic mass is 16.1. The Morgan fingerprint density at radius 3 is 2.55 bits per heavy atom. The van der Waals surface area contributed by atoms with Crippen molar-refractivity contribution in [2.45, 2.75) is 46.0 Å². The molecule has 0 aromatic heterocycles. The SMILES string of the molecule is CCCCC/C=C/C(=O)CC. The van der Waals surface area contributed by atoms with Gasteiger partial charge < -0.3 is 0 Å². The first-order valence-corrected chi connectivity index (χ1v) is 4.50. The first-order valence-electron chi connectivity index (χ1n) is 4.50. The number of carbonyl (C=O) groups excluding carboxylic acids is 1. The Hall–Kier alpha value is -0.590. The van der Waals surface area contributed by atoms with Crippen LogP contribution in [0.5, 0.6) is 0 Å². The van der Waals surface area contributed by atoms with Crippen LogP contribution in [0.15, 0.2) is 12.2 Å². The highest BCUT2D eigenvalue weighted by Gasteiger charge is 1.87. The quantitative estimate of drug-likeness (QED) is 0.424. The molecule has 11 heavy (non-hydrogen) atoms. The van der Waals surface area contributed by atoms with Crippen molar-refractivity contribution in [3.63, 3.8) is 0 Å². The minimum absolute atomic E-state index is 0.237. The van der Waals surface area contributed by atoms with Crippen LogP contribution in [0.2, 0.25) is 0 Å². The zero-order chi connectivity index (χ0) is 8.53. The molecule has 0 saturated carbocycles. The third-order valence-corrected chi connectivity index (χ3v) is 1.63. The van der Waals surface area contributed by atoms with Crippen LogP contribution in [0, 0.1) is 0 Å². The highest BCUT2D eigenvalue weighted by Crippen LogP contribution is 1.99. The Morgan fingerprint density at radius 2 is 2.00 bits per heavy atom. The zero-order valence-electron chi connectivity index (χ0n) is 7.60. The summed E-state index contributed by atoms with van der Waals surface area (Å²) in [6.45, 7) is 4.07. The molecule has 0 aromatic carbocycles. The summed E-state index contributed by atoms with van der Waals surface area (Å²) in [7, 11) is 0. The molecule has 0 amide bonds. The van der Waals surface area contributed by atoms with E-state index in [4.69, 9.17) is 0 Å². The molecular formula is C10H18O. The Labute approximate surface area is 69.5 Å². The minimum atomic E-state index is 0.237. The fourth-order valence-corrected chi connectivity index (χ4v) is 0.845. The monoisotopic (exact) mass is 154 g/mol. The summed E-state index contributed by atoms with van der Waals surface area (Å²) in [6, 6.07) is 0. The molecule has 64 valence electrons. The number of hydrogen-bond acceptors (Lipinski definition) is 1. The molecule has 0 radical (unpaired) electrons. The lowest BCUT2D eigenvalue weighted by Gasteiger charge is -1.90. The van der Waals surface area contributed by atoms with E-state index in [0.717, 1.165) is 6.42 Å². The van der Waals surface area contributed by atoms with Gasteiger partial charge in [-0.15, -0.1) is 0 Å². The molecule has 0 aliphatic heterocycles. The van der Waals surface area contributed by atoms with Crippen LogP contribution in [0.1, 0.15) is 46.0 Å². The first kappa shape index (κ1) is 10.4. The molecule has 0 fully saturated rings. The molecule has 1 heteroatoms. The molecule has 0 spiro atoms. The van der Waals surface area contributed by atoms with E-state index in [9.17, 15) is 4.79 Å². The van der Waals surface area contributed by atoms with E-state index in [1.165, 1.54) is 19.3 Å². The maximum Gasteiger partial charge on any atom is 0.155 e. The fourth-order valence-electron chi connectivity index (χ4n) is 0.845. The van der Waals surface area contributed by atoms with E-state index in [1.54, 1.807) is 6.08 Å². The van der Waals surface area contributed by atoms with Crippen LogP contribution in [0.3, 0.4) is 0 Å². The van der Waals surface area contributed by atoms with E-state index in [1.807, 2.05) is 13.0 Å².